The molecule has 0 spiro atoms. The van der Waals surface area contributed by atoms with Gasteiger partial charge in [0.15, 0.2) is 0 Å². The van der Waals surface area contributed by atoms with Gasteiger partial charge in [-0.25, -0.2) is 0 Å². The van der Waals surface area contributed by atoms with Gasteiger partial charge in [-0.05, 0) is 37.6 Å². The van der Waals surface area contributed by atoms with Crippen LogP contribution in [0.4, 0.5) is 0 Å². The fourth-order valence-electron chi connectivity index (χ4n) is 0.993. The summed E-state index contributed by atoms with van der Waals surface area (Å²) in [4.78, 5) is 0. The molecule has 0 radical (unpaired) electrons. The molecule has 0 aliphatic heterocycles. The standard InChI is InChI=1S/C10H14ClNO/c11-9-4-3-5-10(8-9)13-7-2-1-6-12/h3-5,8H,1-2,6-7,12H2. The molecule has 0 saturated heterocycles. The molecule has 0 aromatic heterocycles. The van der Waals surface area contributed by atoms with Crippen molar-refractivity contribution in [2.24, 2.45) is 5.73 Å². The minimum absolute atomic E-state index is 0.705. The Bertz CT molecular complexity index is 252. The molecule has 0 unspecified atom stereocenters. The highest BCUT2D eigenvalue weighted by Crippen LogP contribution is 2.17. The number of ether oxygens (including phenoxy) is 1. The molecule has 0 aliphatic carbocycles. The van der Waals surface area contributed by atoms with E-state index in [2.05, 4.69) is 0 Å². The lowest BCUT2D eigenvalue weighted by Gasteiger charge is -2.05. The van der Waals surface area contributed by atoms with Crippen molar-refractivity contribution in [1.82, 2.24) is 0 Å². The van der Waals surface area contributed by atoms with E-state index in [0.717, 1.165) is 25.1 Å². The zero-order valence-corrected chi connectivity index (χ0v) is 8.26. The maximum Gasteiger partial charge on any atom is 0.120 e. The Labute approximate surface area is 83.6 Å². The molecule has 0 amide bonds. The normalized spacial score (nSPS) is 10.0. The molecule has 0 atom stereocenters. The van der Waals surface area contributed by atoms with E-state index in [9.17, 15) is 0 Å². The van der Waals surface area contributed by atoms with Crippen LogP contribution in [-0.4, -0.2) is 13.2 Å². The highest BCUT2D eigenvalue weighted by molar-refractivity contribution is 6.30. The van der Waals surface area contributed by atoms with Gasteiger partial charge in [-0.1, -0.05) is 17.7 Å². The van der Waals surface area contributed by atoms with Crippen LogP contribution in [0.1, 0.15) is 12.8 Å². The van der Waals surface area contributed by atoms with Crippen LogP contribution in [-0.2, 0) is 0 Å². The monoisotopic (exact) mass is 199 g/mol. The number of unbranched alkanes of at least 4 members (excludes halogenated alkanes) is 1. The van der Waals surface area contributed by atoms with Gasteiger partial charge in [-0.15, -0.1) is 0 Å². The third-order valence-corrected chi connectivity index (χ3v) is 1.90. The first kappa shape index (κ1) is 10.4. The van der Waals surface area contributed by atoms with E-state index in [1.165, 1.54) is 0 Å². The second kappa shape index (κ2) is 5.84. The molecule has 3 heteroatoms. The predicted octanol–water partition coefficient (Wildman–Crippen LogP) is 2.46. The van der Waals surface area contributed by atoms with E-state index < -0.39 is 0 Å². The van der Waals surface area contributed by atoms with Gasteiger partial charge in [0.25, 0.3) is 0 Å². The maximum atomic E-state index is 5.78. The van der Waals surface area contributed by atoms with Crippen molar-refractivity contribution in [1.29, 1.82) is 0 Å². The van der Waals surface area contributed by atoms with E-state index in [4.69, 9.17) is 22.1 Å². The Morgan fingerprint density at radius 1 is 1.31 bits per heavy atom. The Morgan fingerprint density at radius 3 is 2.85 bits per heavy atom. The van der Waals surface area contributed by atoms with E-state index in [1.807, 2.05) is 24.3 Å². The van der Waals surface area contributed by atoms with Gasteiger partial charge in [-0.3, -0.25) is 0 Å². The molecular weight excluding hydrogens is 186 g/mol. The number of benzene rings is 1. The molecule has 0 bridgehead atoms. The average Bonchev–Trinajstić information content (AvgIpc) is 2.13. The lowest BCUT2D eigenvalue weighted by atomic mass is 10.3. The highest BCUT2D eigenvalue weighted by atomic mass is 35.5. The first-order chi connectivity index (χ1) is 6.33. The number of rotatable bonds is 5. The summed E-state index contributed by atoms with van der Waals surface area (Å²) in [6.07, 6.45) is 1.99. The van der Waals surface area contributed by atoms with Crippen LogP contribution < -0.4 is 10.5 Å². The first-order valence-electron chi connectivity index (χ1n) is 4.41. The lowest BCUT2D eigenvalue weighted by molar-refractivity contribution is 0.308. The Hall–Kier alpha value is -0.730. The van der Waals surface area contributed by atoms with Crippen LogP contribution in [0.2, 0.25) is 5.02 Å². The molecule has 2 N–H and O–H groups in total. The molecule has 1 aromatic carbocycles. The predicted molar refractivity (Wildman–Crippen MR) is 55.2 cm³/mol. The largest absolute Gasteiger partial charge is 0.494 e. The van der Waals surface area contributed by atoms with Crippen molar-refractivity contribution in [3.8, 4) is 5.75 Å². The molecule has 72 valence electrons. The van der Waals surface area contributed by atoms with Crippen LogP contribution in [0.15, 0.2) is 24.3 Å². The topological polar surface area (TPSA) is 35.2 Å². The summed E-state index contributed by atoms with van der Waals surface area (Å²) in [6, 6.07) is 7.41. The summed E-state index contributed by atoms with van der Waals surface area (Å²) in [5.74, 6) is 0.824. The Balaban J connectivity index is 2.28. The smallest absolute Gasteiger partial charge is 0.120 e. The van der Waals surface area contributed by atoms with Crippen LogP contribution in [0, 0.1) is 0 Å². The summed E-state index contributed by atoms with van der Waals surface area (Å²) in [7, 11) is 0. The van der Waals surface area contributed by atoms with Crippen LogP contribution in [0.5, 0.6) is 5.75 Å². The summed E-state index contributed by atoms with van der Waals surface area (Å²) in [5, 5.41) is 0.705. The molecule has 1 rings (SSSR count). The quantitative estimate of drug-likeness (QED) is 0.740. The van der Waals surface area contributed by atoms with Crippen molar-refractivity contribution < 1.29 is 4.74 Å². The molecule has 1 aromatic rings. The van der Waals surface area contributed by atoms with E-state index in [1.54, 1.807) is 0 Å². The fraction of sp³-hybridized carbons (Fsp3) is 0.400. The summed E-state index contributed by atoms with van der Waals surface area (Å²) < 4.78 is 5.45. The maximum absolute atomic E-state index is 5.78. The van der Waals surface area contributed by atoms with Crippen LogP contribution in [0.25, 0.3) is 0 Å². The van der Waals surface area contributed by atoms with Crippen LogP contribution >= 0.6 is 11.6 Å². The van der Waals surface area contributed by atoms with E-state index in [-0.39, 0.29) is 0 Å². The summed E-state index contributed by atoms with van der Waals surface area (Å²) in [5.41, 5.74) is 5.36. The van der Waals surface area contributed by atoms with Gasteiger partial charge in [0.05, 0.1) is 6.61 Å². The number of hydrogen-bond acceptors (Lipinski definition) is 2. The number of nitrogens with two attached hydrogens (primary N) is 1. The lowest BCUT2D eigenvalue weighted by Crippen LogP contribution is -2.03. The van der Waals surface area contributed by atoms with Crippen molar-refractivity contribution in [2.45, 2.75) is 12.8 Å². The minimum Gasteiger partial charge on any atom is -0.494 e. The zero-order chi connectivity index (χ0) is 9.52. The number of halogens is 1. The van der Waals surface area contributed by atoms with Crippen LogP contribution in [0.3, 0.4) is 0 Å². The van der Waals surface area contributed by atoms with Gasteiger partial charge in [0.2, 0.25) is 0 Å². The molecular formula is C10H14ClNO. The van der Waals surface area contributed by atoms with Crippen molar-refractivity contribution >= 4 is 11.6 Å². The average molecular weight is 200 g/mol. The molecule has 0 saturated carbocycles. The third kappa shape index (κ3) is 4.15. The fourth-order valence-corrected chi connectivity index (χ4v) is 1.17. The van der Waals surface area contributed by atoms with Crippen molar-refractivity contribution in [3.63, 3.8) is 0 Å². The van der Waals surface area contributed by atoms with Gasteiger partial charge in [0, 0.05) is 5.02 Å². The Kier molecular flexibility index (Phi) is 4.65. The first-order valence-corrected chi connectivity index (χ1v) is 4.79. The van der Waals surface area contributed by atoms with E-state index in [0.29, 0.717) is 11.6 Å². The third-order valence-electron chi connectivity index (χ3n) is 1.66. The van der Waals surface area contributed by atoms with Crippen molar-refractivity contribution in [3.05, 3.63) is 29.3 Å². The van der Waals surface area contributed by atoms with Gasteiger partial charge < -0.3 is 10.5 Å². The molecule has 0 aliphatic rings. The van der Waals surface area contributed by atoms with E-state index >= 15 is 0 Å². The SMILES string of the molecule is NCCCCOc1cccc(Cl)c1. The second-order valence-corrected chi connectivity index (χ2v) is 3.24. The van der Waals surface area contributed by atoms with Crippen molar-refractivity contribution in [2.75, 3.05) is 13.2 Å². The van der Waals surface area contributed by atoms with Gasteiger partial charge in [0.1, 0.15) is 5.75 Å². The second-order valence-electron chi connectivity index (χ2n) is 2.80. The molecule has 0 fully saturated rings. The zero-order valence-electron chi connectivity index (χ0n) is 7.50. The van der Waals surface area contributed by atoms with Gasteiger partial charge in [-0.2, -0.15) is 0 Å². The minimum atomic E-state index is 0.705. The molecule has 0 heterocycles. The van der Waals surface area contributed by atoms with Gasteiger partial charge >= 0.3 is 0 Å². The molecule has 13 heavy (non-hydrogen) atoms. The summed E-state index contributed by atoms with van der Waals surface area (Å²) in [6.45, 7) is 1.43. The Morgan fingerprint density at radius 2 is 2.15 bits per heavy atom. The molecule has 2 nitrogen and oxygen atoms in total. The number of hydrogen-bond donors (Lipinski definition) is 1. The summed E-state index contributed by atoms with van der Waals surface area (Å²) >= 11 is 5.78. The highest BCUT2D eigenvalue weighted by Gasteiger charge is 1.93.